The summed E-state index contributed by atoms with van der Waals surface area (Å²) in [6.45, 7) is 1.48. The molecule has 5 heteroatoms. The van der Waals surface area contributed by atoms with E-state index in [1.165, 1.54) is 38.5 Å². The van der Waals surface area contributed by atoms with Crippen LogP contribution in [0.3, 0.4) is 0 Å². The number of nitrogens with one attached hydrogen (secondary N) is 2. The van der Waals surface area contributed by atoms with Crippen molar-refractivity contribution in [3.8, 4) is 11.5 Å². The second-order valence-corrected chi connectivity index (χ2v) is 5.96. The molecular weight excluding hydrogens is 292 g/mol. The molecule has 1 fully saturated rings. The number of benzene rings is 1. The van der Waals surface area contributed by atoms with Gasteiger partial charge in [-0.05, 0) is 25.0 Å². The molecule has 0 heterocycles. The van der Waals surface area contributed by atoms with Crippen molar-refractivity contribution in [1.29, 1.82) is 0 Å². The monoisotopic (exact) mass is 320 g/mol. The number of amides is 1. The molecule has 0 bridgehead atoms. The van der Waals surface area contributed by atoms with Crippen molar-refractivity contribution >= 4 is 5.91 Å². The van der Waals surface area contributed by atoms with Gasteiger partial charge in [0.1, 0.15) is 11.5 Å². The normalized spacial score (nSPS) is 15.7. The molecule has 0 aliphatic heterocycles. The maximum Gasteiger partial charge on any atom is 0.257 e. The van der Waals surface area contributed by atoms with Crippen molar-refractivity contribution in [1.82, 2.24) is 10.6 Å². The summed E-state index contributed by atoms with van der Waals surface area (Å²) in [6.07, 6.45) is 7.86. The highest BCUT2D eigenvalue weighted by Crippen LogP contribution is 2.18. The van der Waals surface area contributed by atoms with E-state index in [4.69, 9.17) is 9.47 Å². The molecule has 23 heavy (non-hydrogen) atoms. The fourth-order valence-electron chi connectivity index (χ4n) is 2.85. The smallest absolute Gasteiger partial charge is 0.257 e. The lowest BCUT2D eigenvalue weighted by atomic mass is 10.1. The molecule has 1 amide bonds. The number of ether oxygens (including phenoxy) is 2. The highest BCUT2D eigenvalue weighted by Gasteiger charge is 2.11. The third-order valence-corrected chi connectivity index (χ3v) is 4.15. The number of rotatable bonds is 8. The molecule has 0 unspecified atom stereocenters. The molecule has 1 saturated carbocycles. The molecule has 0 atom stereocenters. The molecule has 0 spiro atoms. The van der Waals surface area contributed by atoms with Crippen molar-refractivity contribution in [3.63, 3.8) is 0 Å². The Hall–Kier alpha value is -1.75. The molecule has 0 radical (unpaired) electrons. The average Bonchev–Trinajstić information content (AvgIpc) is 2.86. The van der Waals surface area contributed by atoms with Crippen molar-refractivity contribution in [2.45, 2.75) is 44.6 Å². The van der Waals surface area contributed by atoms with Crippen LogP contribution in [0, 0.1) is 0 Å². The van der Waals surface area contributed by atoms with E-state index in [0.717, 1.165) is 12.3 Å². The van der Waals surface area contributed by atoms with E-state index in [-0.39, 0.29) is 12.5 Å². The van der Waals surface area contributed by atoms with Crippen LogP contribution >= 0.6 is 0 Å². The summed E-state index contributed by atoms with van der Waals surface area (Å²) in [5, 5.41) is 6.41. The standard InChI is InChI=1S/C18H28N2O3/c1-22-16-9-6-10-17(13-16)23-14-18(21)20-12-11-19-15-7-4-2-3-5-8-15/h6,9-10,13,15,19H,2-5,7-8,11-12,14H2,1H3,(H,20,21). The Morgan fingerprint density at radius 1 is 1.13 bits per heavy atom. The van der Waals surface area contributed by atoms with Gasteiger partial charge in [-0.25, -0.2) is 0 Å². The van der Waals surface area contributed by atoms with E-state index in [2.05, 4.69) is 10.6 Å². The Labute approximate surface area is 138 Å². The molecule has 0 aromatic heterocycles. The Morgan fingerprint density at radius 2 is 1.87 bits per heavy atom. The maximum atomic E-state index is 11.8. The van der Waals surface area contributed by atoms with Crippen LogP contribution in [0.15, 0.2) is 24.3 Å². The first-order valence-corrected chi connectivity index (χ1v) is 8.55. The number of carbonyl (C=O) groups excluding carboxylic acids is 1. The van der Waals surface area contributed by atoms with Crippen LogP contribution in [0.2, 0.25) is 0 Å². The lowest BCUT2D eigenvalue weighted by Crippen LogP contribution is -2.38. The second kappa shape index (κ2) is 10.1. The minimum absolute atomic E-state index is 0.0244. The lowest BCUT2D eigenvalue weighted by Gasteiger charge is -2.16. The van der Waals surface area contributed by atoms with Gasteiger partial charge in [0.2, 0.25) is 0 Å². The highest BCUT2D eigenvalue weighted by molar-refractivity contribution is 5.77. The van der Waals surface area contributed by atoms with Gasteiger partial charge in [0, 0.05) is 25.2 Å². The molecule has 128 valence electrons. The SMILES string of the molecule is COc1cccc(OCC(=O)NCCNC2CCCCCC2)c1. The van der Waals surface area contributed by atoms with E-state index in [1.807, 2.05) is 18.2 Å². The van der Waals surface area contributed by atoms with Crippen molar-refractivity contribution in [2.24, 2.45) is 0 Å². The molecule has 1 aromatic rings. The van der Waals surface area contributed by atoms with Crippen molar-refractivity contribution < 1.29 is 14.3 Å². The summed E-state index contributed by atoms with van der Waals surface area (Å²) >= 11 is 0. The second-order valence-electron chi connectivity index (χ2n) is 5.96. The molecular formula is C18H28N2O3. The number of carbonyl (C=O) groups is 1. The first-order valence-electron chi connectivity index (χ1n) is 8.55. The summed E-state index contributed by atoms with van der Waals surface area (Å²) in [7, 11) is 1.60. The Bertz CT molecular complexity index is 471. The van der Waals surface area contributed by atoms with Gasteiger partial charge in [-0.15, -0.1) is 0 Å². The Kier molecular flexibility index (Phi) is 7.73. The summed E-state index contributed by atoms with van der Waals surface area (Å²) in [5.74, 6) is 1.25. The Morgan fingerprint density at radius 3 is 2.61 bits per heavy atom. The van der Waals surface area contributed by atoms with Crippen LogP contribution in [-0.2, 0) is 4.79 Å². The minimum Gasteiger partial charge on any atom is -0.497 e. The largest absolute Gasteiger partial charge is 0.497 e. The van der Waals surface area contributed by atoms with Gasteiger partial charge in [-0.1, -0.05) is 31.7 Å². The predicted molar refractivity (Wildman–Crippen MR) is 91.0 cm³/mol. The summed E-state index contributed by atoms with van der Waals surface area (Å²) in [4.78, 5) is 11.8. The maximum absolute atomic E-state index is 11.8. The fourth-order valence-corrected chi connectivity index (χ4v) is 2.85. The van der Waals surface area contributed by atoms with Crippen LogP contribution in [0.25, 0.3) is 0 Å². The number of hydrogen-bond donors (Lipinski definition) is 2. The zero-order chi connectivity index (χ0) is 16.3. The van der Waals surface area contributed by atoms with Gasteiger partial charge in [0.15, 0.2) is 6.61 Å². The molecule has 1 aliphatic rings. The van der Waals surface area contributed by atoms with E-state index >= 15 is 0 Å². The Balaban J connectivity index is 1.57. The summed E-state index contributed by atoms with van der Waals surface area (Å²) < 4.78 is 10.6. The van der Waals surface area contributed by atoms with Gasteiger partial charge in [-0.2, -0.15) is 0 Å². The van der Waals surface area contributed by atoms with E-state index in [9.17, 15) is 4.79 Å². The van der Waals surface area contributed by atoms with Crippen LogP contribution in [-0.4, -0.2) is 38.8 Å². The van der Waals surface area contributed by atoms with E-state index < -0.39 is 0 Å². The van der Waals surface area contributed by atoms with Gasteiger partial charge in [-0.3, -0.25) is 4.79 Å². The molecule has 5 nitrogen and oxygen atoms in total. The molecule has 2 N–H and O–H groups in total. The molecule has 2 rings (SSSR count). The lowest BCUT2D eigenvalue weighted by molar-refractivity contribution is -0.123. The van der Waals surface area contributed by atoms with Crippen molar-refractivity contribution in [2.75, 3.05) is 26.8 Å². The van der Waals surface area contributed by atoms with Gasteiger partial charge < -0.3 is 20.1 Å². The van der Waals surface area contributed by atoms with Crippen LogP contribution in [0.5, 0.6) is 11.5 Å². The summed E-state index contributed by atoms with van der Waals surface area (Å²) in [6, 6.07) is 7.86. The fraction of sp³-hybridized carbons (Fsp3) is 0.611. The summed E-state index contributed by atoms with van der Waals surface area (Å²) in [5.41, 5.74) is 0. The molecule has 1 aliphatic carbocycles. The zero-order valence-electron chi connectivity index (χ0n) is 14.0. The topological polar surface area (TPSA) is 59.6 Å². The van der Waals surface area contributed by atoms with Crippen molar-refractivity contribution in [3.05, 3.63) is 24.3 Å². The third-order valence-electron chi connectivity index (χ3n) is 4.15. The van der Waals surface area contributed by atoms with Gasteiger partial charge in [0.25, 0.3) is 5.91 Å². The van der Waals surface area contributed by atoms with E-state index in [1.54, 1.807) is 13.2 Å². The number of methoxy groups -OCH3 is 1. The highest BCUT2D eigenvalue weighted by atomic mass is 16.5. The van der Waals surface area contributed by atoms with E-state index in [0.29, 0.717) is 18.3 Å². The van der Waals surface area contributed by atoms with Crippen LogP contribution in [0.4, 0.5) is 0 Å². The first kappa shape index (κ1) is 17.6. The van der Waals surface area contributed by atoms with Gasteiger partial charge in [0.05, 0.1) is 7.11 Å². The van der Waals surface area contributed by atoms with Crippen LogP contribution < -0.4 is 20.1 Å². The molecule has 0 saturated heterocycles. The zero-order valence-corrected chi connectivity index (χ0v) is 14.0. The quantitative estimate of drug-likeness (QED) is 0.571. The number of hydrogen-bond acceptors (Lipinski definition) is 4. The minimum atomic E-state index is -0.101. The molecule has 1 aromatic carbocycles. The van der Waals surface area contributed by atoms with Crippen LogP contribution in [0.1, 0.15) is 38.5 Å². The average molecular weight is 320 g/mol. The first-order chi connectivity index (χ1) is 11.3. The van der Waals surface area contributed by atoms with Gasteiger partial charge >= 0.3 is 0 Å². The predicted octanol–water partition coefficient (Wildman–Crippen LogP) is 2.50. The third kappa shape index (κ3) is 6.91.